The Kier molecular flexibility index (Phi) is 15.6. The number of anilines is 6. The van der Waals surface area contributed by atoms with Gasteiger partial charge in [-0.25, -0.2) is 4.79 Å². The van der Waals surface area contributed by atoms with Gasteiger partial charge >= 0.3 is 6.09 Å². The number of hydrogen-bond donors (Lipinski definition) is 3. The standard InChI is InChI=1S/C60H72N4O5/c1-10-59(8,11-2)55(66)61-42-58(7)40-46(39-57(5,6)41-58)62-56(67)68-53-35-31-51(32-36-53)63(47-19-15-13-16-20-47)49-27-23-44(24-28-49)45-25-29-50(30-26-45)64(48-21-17-14-18-22-48)52-33-37-54(38-34-52)69-60(9,12-3)43(4)65/h13-38,43,46,65H,10-12,39-42H2,1-9H3,(H,61,66)(H,62,67). The summed E-state index contributed by atoms with van der Waals surface area (Å²) in [6, 6.07) is 53.3. The number of carbonyl (C=O) groups excluding carboxylic acids is 2. The lowest BCUT2D eigenvalue weighted by atomic mass is 9.62. The molecular formula is C60H72N4O5. The Labute approximate surface area is 410 Å². The number of aliphatic hydroxyl groups is 1. The predicted molar refractivity (Wildman–Crippen MR) is 283 cm³/mol. The van der Waals surface area contributed by atoms with Gasteiger partial charge in [0.25, 0.3) is 0 Å². The molecule has 1 aliphatic carbocycles. The van der Waals surface area contributed by atoms with Gasteiger partial charge in [0.05, 0.1) is 6.10 Å². The average Bonchev–Trinajstić information content (AvgIpc) is 3.34. The molecule has 6 aromatic rings. The van der Waals surface area contributed by atoms with E-state index in [0.717, 1.165) is 77.4 Å². The van der Waals surface area contributed by atoms with Crippen molar-refractivity contribution in [2.24, 2.45) is 16.2 Å². The molecule has 1 saturated carbocycles. The summed E-state index contributed by atoms with van der Waals surface area (Å²) in [5.74, 6) is 1.26. The molecule has 2 amide bonds. The highest BCUT2D eigenvalue weighted by molar-refractivity contribution is 5.83. The minimum absolute atomic E-state index is 0.0195. The van der Waals surface area contributed by atoms with Crippen LogP contribution in [-0.2, 0) is 4.79 Å². The van der Waals surface area contributed by atoms with Gasteiger partial charge in [-0.05, 0) is 171 Å². The fourth-order valence-electron chi connectivity index (χ4n) is 9.95. The maximum absolute atomic E-state index is 13.4. The fourth-order valence-corrected chi connectivity index (χ4v) is 9.95. The number of amides is 2. The predicted octanol–water partition coefficient (Wildman–Crippen LogP) is 14.8. The van der Waals surface area contributed by atoms with Gasteiger partial charge in [0.1, 0.15) is 17.1 Å². The van der Waals surface area contributed by atoms with Crippen LogP contribution in [0, 0.1) is 16.2 Å². The van der Waals surface area contributed by atoms with Crippen molar-refractivity contribution >= 4 is 46.1 Å². The molecule has 7 rings (SSSR count). The summed E-state index contributed by atoms with van der Waals surface area (Å²) >= 11 is 0. The molecule has 0 bridgehead atoms. The Hall–Kier alpha value is -6.58. The number of aliphatic hydroxyl groups excluding tert-OH is 1. The number of carbonyl (C=O) groups is 2. The van der Waals surface area contributed by atoms with Gasteiger partial charge in [0.15, 0.2) is 0 Å². The monoisotopic (exact) mass is 929 g/mol. The van der Waals surface area contributed by atoms with E-state index in [1.807, 2.05) is 93.6 Å². The zero-order valence-electron chi connectivity index (χ0n) is 42.1. The second-order valence-electron chi connectivity index (χ2n) is 20.6. The van der Waals surface area contributed by atoms with Crippen molar-refractivity contribution in [3.8, 4) is 22.6 Å². The maximum Gasteiger partial charge on any atom is 0.412 e. The molecule has 1 fully saturated rings. The van der Waals surface area contributed by atoms with Crippen LogP contribution < -0.4 is 29.9 Å². The van der Waals surface area contributed by atoms with E-state index in [-0.39, 0.29) is 28.2 Å². The van der Waals surface area contributed by atoms with E-state index in [9.17, 15) is 14.7 Å². The molecule has 1 aliphatic rings. The second kappa shape index (κ2) is 21.4. The zero-order chi connectivity index (χ0) is 49.4. The van der Waals surface area contributed by atoms with E-state index in [4.69, 9.17) is 9.47 Å². The molecule has 4 atom stereocenters. The summed E-state index contributed by atoms with van der Waals surface area (Å²) < 4.78 is 12.2. The molecule has 6 aromatic carbocycles. The summed E-state index contributed by atoms with van der Waals surface area (Å²) in [4.78, 5) is 31.0. The number of hydrogen-bond acceptors (Lipinski definition) is 7. The highest BCUT2D eigenvalue weighted by Crippen LogP contribution is 2.46. The van der Waals surface area contributed by atoms with Crippen molar-refractivity contribution in [3.63, 3.8) is 0 Å². The van der Waals surface area contributed by atoms with Crippen LogP contribution >= 0.6 is 0 Å². The molecule has 69 heavy (non-hydrogen) atoms. The Bertz CT molecular complexity index is 2600. The fraction of sp³-hybridized carbons (Fsp3) is 0.367. The Balaban J connectivity index is 1.04. The number of nitrogens with zero attached hydrogens (tertiary/aromatic N) is 2. The smallest absolute Gasteiger partial charge is 0.412 e. The quantitative estimate of drug-likeness (QED) is 0.0789. The number of benzene rings is 6. The molecule has 3 N–H and O–H groups in total. The Morgan fingerprint density at radius 3 is 1.46 bits per heavy atom. The van der Waals surface area contributed by atoms with Crippen LogP contribution in [0.1, 0.15) is 101 Å². The highest BCUT2D eigenvalue weighted by Gasteiger charge is 2.43. The first-order valence-electron chi connectivity index (χ1n) is 24.7. The minimum atomic E-state index is -0.677. The van der Waals surface area contributed by atoms with Crippen LogP contribution in [0.2, 0.25) is 0 Å². The van der Waals surface area contributed by atoms with Gasteiger partial charge in [-0.2, -0.15) is 0 Å². The molecule has 0 saturated heterocycles. The molecule has 0 spiro atoms. The SMILES string of the molecule is CCC(C)(CC)C(=O)NCC1(C)CC(NC(=O)Oc2ccc(N(c3ccccc3)c3ccc(-c4ccc(N(c5ccccc5)c5ccc(OC(C)(CC)C(C)O)cc5)cc4)cc3)cc2)CC(C)(C)C1. The Morgan fingerprint density at radius 2 is 1.04 bits per heavy atom. The number of rotatable bonds is 18. The topological polar surface area (TPSA) is 103 Å². The third kappa shape index (κ3) is 12.2. The lowest BCUT2D eigenvalue weighted by Gasteiger charge is -2.47. The summed E-state index contributed by atoms with van der Waals surface area (Å²) in [7, 11) is 0. The lowest BCUT2D eigenvalue weighted by molar-refractivity contribution is -0.131. The van der Waals surface area contributed by atoms with Crippen molar-refractivity contribution in [2.75, 3.05) is 16.3 Å². The van der Waals surface area contributed by atoms with Crippen LogP contribution in [0.4, 0.5) is 38.9 Å². The summed E-state index contributed by atoms with van der Waals surface area (Å²) in [6.07, 6.45) is 3.70. The number of para-hydroxylation sites is 2. The first-order chi connectivity index (χ1) is 33.0. The summed E-state index contributed by atoms with van der Waals surface area (Å²) in [5.41, 5.74) is 6.86. The normalized spacial score (nSPS) is 18.0. The van der Waals surface area contributed by atoms with Gasteiger partial charge < -0.3 is 35.0 Å². The first-order valence-corrected chi connectivity index (χ1v) is 24.7. The van der Waals surface area contributed by atoms with Crippen LogP contribution in [0.25, 0.3) is 11.1 Å². The molecule has 362 valence electrons. The minimum Gasteiger partial charge on any atom is -0.485 e. The summed E-state index contributed by atoms with van der Waals surface area (Å²) in [6.45, 7) is 19.1. The highest BCUT2D eigenvalue weighted by atomic mass is 16.6. The second-order valence-corrected chi connectivity index (χ2v) is 20.6. The van der Waals surface area contributed by atoms with Crippen molar-refractivity contribution in [1.29, 1.82) is 0 Å². The first kappa shape index (κ1) is 50.3. The largest absolute Gasteiger partial charge is 0.485 e. The molecule has 0 heterocycles. The van der Waals surface area contributed by atoms with E-state index >= 15 is 0 Å². The molecule has 0 aliphatic heterocycles. The van der Waals surface area contributed by atoms with Gasteiger partial charge in [0, 0.05) is 52.1 Å². The number of ether oxygens (including phenoxy) is 2. The van der Waals surface area contributed by atoms with E-state index < -0.39 is 17.8 Å². The van der Waals surface area contributed by atoms with Gasteiger partial charge in [-0.1, -0.05) is 109 Å². The maximum atomic E-state index is 13.4. The van der Waals surface area contributed by atoms with Crippen LogP contribution in [0.5, 0.6) is 11.5 Å². The molecule has 9 heteroatoms. The zero-order valence-corrected chi connectivity index (χ0v) is 42.1. The van der Waals surface area contributed by atoms with E-state index in [2.05, 4.69) is 140 Å². The third-order valence-electron chi connectivity index (χ3n) is 14.5. The van der Waals surface area contributed by atoms with Gasteiger partial charge in [-0.15, -0.1) is 0 Å². The molecular weight excluding hydrogens is 857 g/mol. The Morgan fingerprint density at radius 1 is 0.623 bits per heavy atom. The van der Waals surface area contributed by atoms with Crippen molar-refractivity contribution in [2.45, 2.75) is 119 Å². The lowest BCUT2D eigenvalue weighted by Crippen LogP contribution is -2.52. The third-order valence-corrected chi connectivity index (χ3v) is 14.5. The van der Waals surface area contributed by atoms with E-state index in [1.54, 1.807) is 6.92 Å². The van der Waals surface area contributed by atoms with Gasteiger partial charge in [0.2, 0.25) is 5.91 Å². The van der Waals surface area contributed by atoms with Crippen molar-refractivity contribution < 1.29 is 24.2 Å². The summed E-state index contributed by atoms with van der Waals surface area (Å²) in [5, 5.41) is 16.8. The van der Waals surface area contributed by atoms with Crippen LogP contribution in [-0.4, -0.2) is 41.4 Å². The average molecular weight is 929 g/mol. The molecule has 4 unspecified atom stereocenters. The van der Waals surface area contributed by atoms with Crippen LogP contribution in [0.3, 0.4) is 0 Å². The molecule has 0 aromatic heterocycles. The number of nitrogens with one attached hydrogen (secondary N) is 2. The van der Waals surface area contributed by atoms with Crippen LogP contribution in [0.15, 0.2) is 158 Å². The van der Waals surface area contributed by atoms with Crippen molar-refractivity contribution in [1.82, 2.24) is 10.6 Å². The van der Waals surface area contributed by atoms with Gasteiger partial charge in [-0.3, -0.25) is 4.79 Å². The molecule has 9 nitrogen and oxygen atoms in total. The molecule has 0 radical (unpaired) electrons. The van der Waals surface area contributed by atoms with E-state index in [1.165, 1.54) is 0 Å². The van der Waals surface area contributed by atoms with E-state index in [0.29, 0.717) is 24.5 Å². The van der Waals surface area contributed by atoms with Crippen molar-refractivity contribution in [3.05, 3.63) is 158 Å².